The lowest BCUT2D eigenvalue weighted by molar-refractivity contribution is -0.125. The molecule has 1 amide bonds. The highest BCUT2D eigenvalue weighted by Crippen LogP contribution is 2.45. The van der Waals surface area contributed by atoms with Crippen molar-refractivity contribution in [3.63, 3.8) is 0 Å². The number of methoxy groups -OCH3 is 1. The summed E-state index contributed by atoms with van der Waals surface area (Å²) in [5.41, 5.74) is -1.16. The van der Waals surface area contributed by atoms with Crippen LogP contribution in [0.5, 0.6) is 11.5 Å². The molecule has 1 heterocycles. The molecule has 1 saturated carbocycles. The van der Waals surface area contributed by atoms with Crippen LogP contribution in [0.15, 0.2) is 47.1 Å². The van der Waals surface area contributed by atoms with Crippen LogP contribution in [0.2, 0.25) is 0 Å². The number of aliphatic hydroxyl groups is 1. The first-order valence-corrected chi connectivity index (χ1v) is 7.92. The third-order valence-corrected chi connectivity index (χ3v) is 4.18. The van der Waals surface area contributed by atoms with Crippen molar-refractivity contribution in [2.45, 2.75) is 18.4 Å². The molecule has 1 aromatic carbocycles. The molecule has 1 aromatic heterocycles. The molecular formula is C18H21NO5. The fraction of sp³-hybridized carbons (Fsp3) is 0.389. The van der Waals surface area contributed by atoms with Gasteiger partial charge in [-0.25, -0.2) is 0 Å². The predicted molar refractivity (Wildman–Crippen MR) is 86.8 cm³/mol. The van der Waals surface area contributed by atoms with Crippen molar-refractivity contribution >= 4 is 5.91 Å². The lowest BCUT2D eigenvalue weighted by atomic mass is 9.94. The molecule has 6 nitrogen and oxygen atoms in total. The summed E-state index contributed by atoms with van der Waals surface area (Å²) in [7, 11) is 1.54. The fourth-order valence-corrected chi connectivity index (χ4v) is 2.68. The van der Waals surface area contributed by atoms with Crippen LogP contribution in [0.4, 0.5) is 0 Å². The molecule has 0 saturated heterocycles. The van der Waals surface area contributed by atoms with Crippen LogP contribution < -0.4 is 14.8 Å². The third-order valence-electron chi connectivity index (χ3n) is 4.18. The maximum atomic E-state index is 12.1. The summed E-state index contributed by atoms with van der Waals surface area (Å²) in [6.45, 7) is -0.0570. The van der Waals surface area contributed by atoms with E-state index in [4.69, 9.17) is 13.9 Å². The Morgan fingerprint density at radius 1 is 1.29 bits per heavy atom. The Hall–Kier alpha value is -2.47. The van der Waals surface area contributed by atoms with E-state index in [1.54, 1.807) is 37.4 Å². The normalized spacial score (nSPS) is 16.2. The number of hydrogen-bond acceptors (Lipinski definition) is 5. The van der Waals surface area contributed by atoms with Crippen LogP contribution in [0.3, 0.4) is 0 Å². The number of carbonyl (C=O) groups excluding carboxylic acids is 1. The van der Waals surface area contributed by atoms with Crippen molar-refractivity contribution in [2.75, 3.05) is 20.3 Å². The quantitative estimate of drug-likeness (QED) is 0.774. The van der Waals surface area contributed by atoms with E-state index in [1.165, 1.54) is 6.26 Å². The molecule has 6 heteroatoms. The highest BCUT2D eigenvalue weighted by Gasteiger charge is 2.47. The topological polar surface area (TPSA) is 80.9 Å². The number of para-hydroxylation sites is 2. The van der Waals surface area contributed by atoms with Crippen molar-refractivity contribution in [1.82, 2.24) is 5.32 Å². The number of amides is 1. The summed E-state index contributed by atoms with van der Waals surface area (Å²) in [6, 6.07) is 10.6. The van der Waals surface area contributed by atoms with Gasteiger partial charge in [0.15, 0.2) is 18.1 Å². The minimum Gasteiger partial charge on any atom is -0.493 e. The molecule has 3 rings (SSSR count). The molecule has 1 fully saturated rings. The van der Waals surface area contributed by atoms with Gasteiger partial charge in [-0.05, 0) is 43.0 Å². The molecule has 1 aliphatic rings. The molecule has 1 atom stereocenters. The van der Waals surface area contributed by atoms with Gasteiger partial charge in [0.1, 0.15) is 11.4 Å². The lowest BCUT2D eigenvalue weighted by Gasteiger charge is -2.26. The van der Waals surface area contributed by atoms with Gasteiger partial charge >= 0.3 is 0 Å². The average molecular weight is 331 g/mol. The van der Waals surface area contributed by atoms with Gasteiger partial charge in [0.2, 0.25) is 0 Å². The van der Waals surface area contributed by atoms with Gasteiger partial charge in [0, 0.05) is 0 Å². The summed E-state index contributed by atoms with van der Waals surface area (Å²) in [6.07, 6.45) is 3.37. The molecule has 2 N–H and O–H groups in total. The van der Waals surface area contributed by atoms with Crippen LogP contribution in [0.25, 0.3) is 0 Å². The van der Waals surface area contributed by atoms with Crippen LogP contribution in [0.1, 0.15) is 18.6 Å². The van der Waals surface area contributed by atoms with Gasteiger partial charge in [-0.1, -0.05) is 12.1 Å². The first-order valence-electron chi connectivity index (χ1n) is 7.92. The number of benzene rings is 1. The van der Waals surface area contributed by atoms with Gasteiger partial charge < -0.3 is 24.3 Å². The molecule has 24 heavy (non-hydrogen) atoms. The Labute approximate surface area is 140 Å². The third kappa shape index (κ3) is 3.54. The summed E-state index contributed by atoms with van der Waals surface area (Å²) in [4.78, 5) is 12.1. The van der Waals surface area contributed by atoms with Crippen molar-refractivity contribution in [3.05, 3.63) is 48.4 Å². The summed E-state index contributed by atoms with van der Waals surface area (Å²) >= 11 is 0. The maximum absolute atomic E-state index is 12.1. The average Bonchev–Trinajstić information content (AvgIpc) is 3.33. The number of hydrogen-bond donors (Lipinski definition) is 2. The van der Waals surface area contributed by atoms with Crippen molar-refractivity contribution < 1.29 is 23.8 Å². The van der Waals surface area contributed by atoms with Crippen LogP contribution in [0, 0.1) is 5.92 Å². The largest absolute Gasteiger partial charge is 0.493 e. The summed E-state index contributed by atoms with van der Waals surface area (Å²) in [5.74, 6) is 1.34. The second-order valence-electron chi connectivity index (χ2n) is 5.89. The SMILES string of the molecule is COc1ccccc1OCC(=O)NCC(O)(c1ccco1)C1CC1. The molecular weight excluding hydrogens is 310 g/mol. The highest BCUT2D eigenvalue weighted by molar-refractivity contribution is 5.77. The van der Waals surface area contributed by atoms with Crippen molar-refractivity contribution in [2.24, 2.45) is 5.92 Å². The molecule has 128 valence electrons. The number of ether oxygens (including phenoxy) is 2. The van der Waals surface area contributed by atoms with E-state index in [0.717, 1.165) is 12.8 Å². The van der Waals surface area contributed by atoms with E-state index in [2.05, 4.69) is 5.32 Å². The summed E-state index contributed by atoms with van der Waals surface area (Å²) < 4.78 is 16.0. The Kier molecular flexibility index (Phi) is 4.76. The smallest absolute Gasteiger partial charge is 0.258 e. The Bertz CT molecular complexity index is 680. The van der Waals surface area contributed by atoms with Crippen LogP contribution in [-0.2, 0) is 10.4 Å². The Morgan fingerprint density at radius 3 is 2.67 bits per heavy atom. The van der Waals surface area contributed by atoms with Crippen molar-refractivity contribution in [1.29, 1.82) is 0 Å². The molecule has 0 spiro atoms. The maximum Gasteiger partial charge on any atom is 0.258 e. The Balaban J connectivity index is 1.55. The molecule has 0 radical (unpaired) electrons. The van der Waals surface area contributed by atoms with Gasteiger partial charge in [-0.2, -0.15) is 0 Å². The minimum atomic E-state index is -1.16. The van der Waals surface area contributed by atoms with Crippen LogP contribution in [-0.4, -0.2) is 31.3 Å². The first-order chi connectivity index (χ1) is 11.6. The predicted octanol–water partition coefficient (Wildman–Crippen LogP) is 2.08. The van der Waals surface area contributed by atoms with Crippen LogP contribution >= 0.6 is 0 Å². The van der Waals surface area contributed by atoms with E-state index < -0.39 is 5.60 Å². The second-order valence-corrected chi connectivity index (χ2v) is 5.89. The number of carbonyl (C=O) groups is 1. The highest BCUT2D eigenvalue weighted by atomic mass is 16.5. The molecule has 2 aromatic rings. The number of furan rings is 1. The van der Waals surface area contributed by atoms with E-state index in [9.17, 15) is 9.90 Å². The molecule has 0 bridgehead atoms. The molecule has 1 aliphatic carbocycles. The van der Waals surface area contributed by atoms with Crippen molar-refractivity contribution in [3.8, 4) is 11.5 Å². The van der Waals surface area contributed by atoms with E-state index in [0.29, 0.717) is 17.3 Å². The van der Waals surface area contributed by atoms with E-state index >= 15 is 0 Å². The van der Waals surface area contributed by atoms with Gasteiger partial charge in [-0.15, -0.1) is 0 Å². The van der Waals surface area contributed by atoms with Gasteiger partial charge in [-0.3, -0.25) is 4.79 Å². The minimum absolute atomic E-state index is 0.0965. The van der Waals surface area contributed by atoms with Gasteiger partial charge in [0.05, 0.1) is 19.9 Å². The zero-order valence-electron chi connectivity index (χ0n) is 13.5. The zero-order chi connectivity index (χ0) is 17.0. The molecule has 1 unspecified atom stereocenters. The number of nitrogens with one attached hydrogen (secondary N) is 1. The lowest BCUT2D eigenvalue weighted by Crippen LogP contribution is -2.43. The zero-order valence-corrected chi connectivity index (χ0v) is 13.5. The van der Waals surface area contributed by atoms with E-state index in [1.807, 2.05) is 6.07 Å². The summed E-state index contributed by atoms with van der Waals surface area (Å²) in [5, 5.41) is 13.6. The monoisotopic (exact) mass is 331 g/mol. The van der Waals surface area contributed by atoms with Gasteiger partial charge in [0.25, 0.3) is 5.91 Å². The number of rotatable bonds is 8. The first kappa shape index (κ1) is 16.4. The second kappa shape index (κ2) is 6.97. The standard InChI is InChI=1S/C18H21NO5/c1-22-14-5-2-3-6-15(14)24-11-17(20)19-12-18(21,13-8-9-13)16-7-4-10-23-16/h2-7,10,13,21H,8-9,11-12H2,1H3,(H,19,20). The van der Waals surface area contributed by atoms with E-state index in [-0.39, 0.29) is 25.0 Å². The fourth-order valence-electron chi connectivity index (χ4n) is 2.68. The molecule has 0 aliphatic heterocycles. The Morgan fingerprint density at radius 2 is 2.04 bits per heavy atom.